The number of hydrogen-bond donors (Lipinski definition) is 1. The van der Waals surface area contributed by atoms with Crippen molar-refractivity contribution >= 4 is 40.2 Å². The molecule has 0 aliphatic carbocycles. The van der Waals surface area contributed by atoms with Crippen LogP contribution in [0.4, 0.5) is 9.80 Å². The SMILES string of the molecule is CCOC(=O)c1c(NC(=O)OCc2ccccc2)sc(SC#N)c1-c1ccccc1. The molecule has 0 radical (unpaired) electrons. The molecule has 1 N–H and O–H groups in total. The van der Waals surface area contributed by atoms with E-state index in [0.29, 0.717) is 9.77 Å². The minimum atomic E-state index is -0.696. The molecule has 3 aromatic rings. The van der Waals surface area contributed by atoms with Gasteiger partial charge in [0.25, 0.3) is 0 Å². The van der Waals surface area contributed by atoms with Gasteiger partial charge in [0.2, 0.25) is 0 Å². The van der Waals surface area contributed by atoms with Gasteiger partial charge < -0.3 is 9.47 Å². The fourth-order valence-corrected chi connectivity index (χ4v) is 4.59. The highest BCUT2D eigenvalue weighted by Crippen LogP contribution is 2.45. The summed E-state index contributed by atoms with van der Waals surface area (Å²) in [7, 11) is 0. The van der Waals surface area contributed by atoms with Crippen LogP contribution in [0.3, 0.4) is 0 Å². The number of benzene rings is 2. The zero-order valence-electron chi connectivity index (χ0n) is 16.1. The summed E-state index contributed by atoms with van der Waals surface area (Å²) < 4.78 is 11.1. The number of nitrogens with zero attached hydrogens (tertiary/aromatic N) is 1. The number of rotatable bonds is 7. The Hall–Kier alpha value is -3.28. The van der Waals surface area contributed by atoms with Crippen molar-refractivity contribution in [1.29, 1.82) is 5.26 Å². The van der Waals surface area contributed by atoms with E-state index in [0.717, 1.165) is 34.2 Å². The largest absolute Gasteiger partial charge is 0.462 e. The van der Waals surface area contributed by atoms with Crippen LogP contribution in [0.2, 0.25) is 0 Å². The number of esters is 1. The second-order valence-electron chi connectivity index (χ2n) is 5.94. The molecule has 0 saturated heterocycles. The number of anilines is 1. The van der Waals surface area contributed by atoms with Crippen LogP contribution in [0.5, 0.6) is 0 Å². The summed E-state index contributed by atoms with van der Waals surface area (Å²) in [4.78, 5) is 25.1. The maximum Gasteiger partial charge on any atom is 0.412 e. The highest BCUT2D eigenvalue weighted by atomic mass is 32.2. The molecule has 152 valence electrons. The van der Waals surface area contributed by atoms with E-state index in [-0.39, 0.29) is 23.8 Å². The van der Waals surface area contributed by atoms with Crippen molar-refractivity contribution in [3.63, 3.8) is 0 Å². The van der Waals surface area contributed by atoms with Crippen LogP contribution in [0, 0.1) is 10.7 Å². The van der Waals surface area contributed by atoms with Gasteiger partial charge in [0.1, 0.15) is 22.6 Å². The minimum Gasteiger partial charge on any atom is -0.462 e. The number of thiocyanates is 1. The zero-order valence-corrected chi connectivity index (χ0v) is 17.7. The Bertz CT molecular complexity index is 1060. The first-order chi connectivity index (χ1) is 14.6. The van der Waals surface area contributed by atoms with Crippen molar-refractivity contribution in [1.82, 2.24) is 0 Å². The van der Waals surface area contributed by atoms with E-state index in [1.54, 1.807) is 6.92 Å². The molecule has 1 amide bonds. The molecule has 1 aromatic heterocycles. The van der Waals surface area contributed by atoms with Gasteiger partial charge in [0.15, 0.2) is 0 Å². The fraction of sp³-hybridized carbons (Fsp3) is 0.136. The first-order valence-corrected chi connectivity index (χ1v) is 10.7. The molecule has 8 heteroatoms. The van der Waals surface area contributed by atoms with Crippen LogP contribution in [0.25, 0.3) is 11.1 Å². The van der Waals surface area contributed by atoms with Crippen LogP contribution < -0.4 is 5.32 Å². The van der Waals surface area contributed by atoms with Crippen molar-refractivity contribution < 1.29 is 19.1 Å². The van der Waals surface area contributed by atoms with Gasteiger partial charge in [0.05, 0.1) is 10.8 Å². The standard InChI is InChI=1S/C22H18N2O4S2/c1-2-27-20(25)18-17(16-11-7-4-8-12-16)21(29-14-23)30-19(18)24-22(26)28-13-15-9-5-3-6-10-15/h3-12H,2,13H2,1H3,(H,24,26). The van der Waals surface area contributed by atoms with Gasteiger partial charge in [-0.1, -0.05) is 60.7 Å². The molecule has 0 aliphatic heterocycles. The molecule has 0 aliphatic rings. The molecule has 30 heavy (non-hydrogen) atoms. The van der Waals surface area contributed by atoms with Crippen LogP contribution in [-0.4, -0.2) is 18.7 Å². The third-order valence-electron chi connectivity index (χ3n) is 3.98. The molecule has 0 saturated carbocycles. The molecule has 1 heterocycles. The lowest BCUT2D eigenvalue weighted by atomic mass is 10.0. The predicted octanol–water partition coefficient (Wildman–Crippen LogP) is 5.91. The summed E-state index contributed by atoms with van der Waals surface area (Å²) in [6, 6.07) is 18.5. The quantitative estimate of drug-likeness (QED) is 0.280. The minimum absolute atomic E-state index is 0.0954. The summed E-state index contributed by atoms with van der Waals surface area (Å²) in [6.07, 6.45) is -0.696. The van der Waals surface area contributed by atoms with Gasteiger partial charge in [-0.25, -0.2) is 9.59 Å². The van der Waals surface area contributed by atoms with E-state index in [4.69, 9.17) is 9.47 Å². The maximum absolute atomic E-state index is 12.7. The van der Waals surface area contributed by atoms with Gasteiger partial charge >= 0.3 is 12.1 Å². The Morgan fingerprint density at radius 3 is 2.37 bits per heavy atom. The Morgan fingerprint density at radius 2 is 1.73 bits per heavy atom. The lowest BCUT2D eigenvalue weighted by Gasteiger charge is -2.09. The Balaban J connectivity index is 1.93. The number of nitrogens with one attached hydrogen (secondary N) is 1. The van der Waals surface area contributed by atoms with E-state index in [9.17, 15) is 14.9 Å². The number of ether oxygens (including phenoxy) is 2. The number of thioether (sulfide) groups is 1. The second-order valence-corrected chi connectivity index (χ2v) is 8.01. The number of thiophene rings is 1. The Morgan fingerprint density at radius 1 is 1.07 bits per heavy atom. The van der Waals surface area contributed by atoms with Gasteiger partial charge in [0, 0.05) is 17.3 Å². The highest BCUT2D eigenvalue weighted by molar-refractivity contribution is 8.05. The molecular formula is C22H18N2O4S2. The molecule has 0 bridgehead atoms. The van der Waals surface area contributed by atoms with Crippen LogP contribution in [0.1, 0.15) is 22.8 Å². The average Bonchev–Trinajstić information content (AvgIpc) is 3.11. The number of carbonyl (C=O) groups is 2. The monoisotopic (exact) mass is 438 g/mol. The summed E-state index contributed by atoms with van der Waals surface area (Å²) in [5, 5.41) is 14.2. The maximum atomic E-state index is 12.7. The molecule has 0 spiro atoms. The average molecular weight is 439 g/mol. The van der Waals surface area contributed by atoms with Gasteiger partial charge in [-0.2, -0.15) is 5.26 Å². The molecule has 0 unspecified atom stereocenters. The second kappa shape index (κ2) is 10.5. The Kier molecular flexibility index (Phi) is 7.49. The van der Waals surface area contributed by atoms with Crippen LogP contribution >= 0.6 is 23.1 Å². The van der Waals surface area contributed by atoms with Gasteiger partial charge in [-0.05, 0) is 18.1 Å². The normalized spacial score (nSPS) is 10.1. The van der Waals surface area contributed by atoms with Crippen molar-refractivity contribution in [3.8, 4) is 16.5 Å². The number of hydrogen-bond acceptors (Lipinski definition) is 7. The van der Waals surface area contributed by atoms with E-state index in [2.05, 4.69) is 5.32 Å². The van der Waals surface area contributed by atoms with E-state index in [1.165, 1.54) is 0 Å². The number of amides is 1. The van der Waals surface area contributed by atoms with E-state index >= 15 is 0 Å². The van der Waals surface area contributed by atoms with E-state index < -0.39 is 12.1 Å². The predicted molar refractivity (Wildman–Crippen MR) is 117 cm³/mol. The molecular weight excluding hydrogens is 420 g/mol. The van der Waals surface area contributed by atoms with Crippen LogP contribution in [-0.2, 0) is 16.1 Å². The van der Waals surface area contributed by atoms with E-state index in [1.807, 2.05) is 66.1 Å². The first kappa shape index (κ1) is 21.4. The van der Waals surface area contributed by atoms with Crippen molar-refractivity contribution in [2.75, 3.05) is 11.9 Å². The highest BCUT2D eigenvalue weighted by Gasteiger charge is 2.27. The topological polar surface area (TPSA) is 88.4 Å². The molecule has 6 nitrogen and oxygen atoms in total. The number of carbonyl (C=O) groups excluding carboxylic acids is 2. The van der Waals surface area contributed by atoms with Gasteiger partial charge in [-0.15, -0.1) is 11.3 Å². The molecule has 3 rings (SSSR count). The smallest absolute Gasteiger partial charge is 0.412 e. The van der Waals surface area contributed by atoms with Crippen LogP contribution in [0.15, 0.2) is 64.9 Å². The lowest BCUT2D eigenvalue weighted by Crippen LogP contribution is -2.15. The van der Waals surface area contributed by atoms with Crippen molar-refractivity contribution in [3.05, 3.63) is 71.8 Å². The molecule has 0 fully saturated rings. The summed E-state index contributed by atoms with van der Waals surface area (Å²) in [5.74, 6) is -0.573. The van der Waals surface area contributed by atoms with Crippen molar-refractivity contribution in [2.45, 2.75) is 17.7 Å². The zero-order chi connectivity index (χ0) is 21.3. The molecule has 2 aromatic carbocycles. The lowest BCUT2D eigenvalue weighted by molar-refractivity contribution is 0.0529. The fourth-order valence-electron chi connectivity index (χ4n) is 2.73. The van der Waals surface area contributed by atoms with Crippen molar-refractivity contribution in [2.24, 2.45) is 0 Å². The van der Waals surface area contributed by atoms with Gasteiger partial charge in [-0.3, -0.25) is 5.32 Å². The molecule has 0 atom stereocenters. The summed E-state index contributed by atoms with van der Waals surface area (Å²) in [5.41, 5.74) is 2.36. The third-order valence-corrected chi connectivity index (χ3v) is 5.87. The number of nitriles is 1. The summed E-state index contributed by atoms with van der Waals surface area (Å²) >= 11 is 2.07. The first-order valence-electron chi connectivity index (χ1n) is 9.07. The summed E-state index contributed by atoms with van der Waals surface area (Å²) in [6.45, 7) is 1.98. The Labute approximate surface area is 182 Å². The third kappa shape index (κ3) is 5.20.